The van der Waals surface area contributed by atoms with E-state index in [9.17, 15) is 0 Å². The van der Waals surface area contributed by atoms with E-state index in [1.54, 1.807) is 0 Å². The van der Waals surface area contributed by atoms with E-state index in [1.165, 1.54) is 11.7 Å². The molecule has 176 valence electrons. The van der Waals surface area contributed by atoms with Gasteiger partial charge in [0, 0.05) is 0 Å². The van der Waals surface area contributed by atoms with Crippen LogP contribution in [-0.4, -0.2) is 31.6 Å². The maximum atomic E-state index is 4.80. The highest BCUT2D eigenvalue weighted by Crippen LogP contribution is 2.24. The Kier molecular flexibility index (Phi) is 6.34. The zero-order chi connectivity index (χ0) is 24.9. The number of allylic oxidation sites excluding steroid dienone is 6. The highest BCUT2D eigenvalue weighted by molar-refractivity contribution is 6.99. The van der Waals surface area contributed by atoms with Crippen LogP contribution in [0.25, 0.3) is 0 Å². The van der Waals surface area contributed by atoms with Crippen LogP contribution in [-0.2, 0) is 0 Å². The Labute approximate surface area is 218 Å². The van der Waals surface area contributed by atoms with E-state index in [0.29, 0.717) is 0 Å². The van der Waals surface area contributed by atoms with Gasteiger partial charge in [0.25, 0.3) is 0 Å². The fourth-order valence-corrected chi connectivity index (χ4v) is 4.37. The molecule has 0 radical (unpaired) electrons. The fourth-order valence-electron chi connectivity index (χ4n) is 3.81. The van der Waals surface area contributed by atoms with Gasteiger partial charge in [-0.25, -0.2) is 20.0 Å². The van der Waals surface area contributed by atoms with E-state index in [0.717, 1.165) is 57.0 Å². The minimum atomic E-state index is 0.747. The molecule has 1 heterocycles. The minimum Gasteiger partial charge on any atom is -0.249 e. The Hall–Kier alpha value is -4.88. The van der Waals surface area contributed by atoms with Crippen molar-refractivity contribution in [2.75, 3.05) is 0 Å². The minimum absolute atomic E-state index is 0.747. The molecule has 0 bridgehead atoms. The van der Waals surface area contributed by atoms with Gasteiger partial charge in [-0.15, -0.1) is 0 Å². The number of rotatable bonds is 4. The van der Waals surface area contributed by atoms with Crippen molar-refractivity contribution in [2.24, 2.45) is 20.0 Å². The molecule has 0 atom stereocenters. The third-order valence-corrected chi connectivity index (χ3v) is 6.13. The average molecular weight is 497 g/mol. The second kappa shape index (κ2) is 10.4. The predicted molar refractivity (Wildman–Crippen MR) is 153 cm³/mol. The second-order valence-electron chi connectivity index (χ2n) is 8.22. The molecule has 0 saturated heterocycles. The van der Waals surface area contributed by atoms with Crippen molar-refractivity contribution < 1.29 is 0 Å². The third kappa shape index (κ3) is 5.37. The van der Waals surface area contributed by atoms with Crippen LogP contribution in [0.4, 0.5) is 22.7 Å². The van der Waals surface area contributed by atoms with Gasteiger partial charge in [-0.3, -0.25) is 0 Å². The Morgan fingerprint density at radius 2 is 0.784 bits per heavy atom. The number of hydrogen-bond donors (Lipinski definition) is 0. The van der Waals surface area contributed by atoms with Crippen molar-refractivity contribution in [3.05, 3.63) is 133 Å². The number of aliphatic imine (C=N–C) groups is 4. The number of hydrogen-bond acceptors (Lipinski definition) is 7. The van der Waals surface area contributed by atoms with Crippen molar-refractivity contribution in [2.45, 2.75) is 0 Å². The largest absolute Gasteiger partial charge is 0.249 e. The first kappa shape index (κ1) is 22.6. The molecule has 4 aromatic rings. The molecule has 6 nitrogen and oxygen atoms in total. The lowest BCUT2D eigenvalue weighted by atomic mass is 10.0. The molecule has 1 aromatic heterocycles. The summed E-state index contributed by atoms with van der Waals surface area (Å²) in [6, 6.07) is 27.5. The molecule has 0 unspecified atom stereocenters. The first-order chi connectivity index (χ1) is 18.3. The zero-order valence-electron chi connectivity index (χ0n) is 19.6. The first-order valence-electron chi connectivity index (χ1n) is 11.7. The molecular weight excluding hydrogens is 476 g/mol. The standard InChI is InChI=1S/C30H20N6S/c1-3-7-21(8-4-1)31-23-11-13-24(14-12-23)32-25-15-17-26(18-16-25)34-28-20-19-27(29-30(28)36-37-35-29)33-22-9-5-2-6-10-22/h1-20H. The van der Waals surface area contributed by atoms with Gasteiger partial charge in [-0.05, 0) is 85.0 Å². The monoisotopic (exact) mass is 496 g/mol. The molecule has 0 saturated carbocycles. The summed E-state index contributed by atoms with van der Waals surface area (Å²) in [6.45, 7) is 0. The molecule has 37 heavy (non-hydrogen) atoms. The summed E-state index contributed by atoms with van der Waals surface area (Å²) in [5.74, 6) is 0. The van der Waals surface area contributed by atoms with Crippen LogP contribution >= 0.6 is 11.7 Å². The maximum Gasteiger partial charge on any atom is 0.132 e. The van der Waals surface area contributed by atoms with Crippen molar-refractivity contribution >= 4 is 57.3 Å². The van der Waals surface area contributed by atoms with Gasteiger partial charge in [0.2, 0.25) is 0 Å². The molecule has 0 amide bonds. The zero-order valence-corrected chi connectivity index (χ0v) is 20.5. The Morgan fingerprint density at radius 1 is 0.405 bits per heavy atom. The van der Waals surface area contributed by atoms with Crippen LogP contribution in [0.3, 0.4) is 0 Å². The van der Waals surface area contributed by atoms with Crippen LogP contribution in [0.15, 0.2) is 141 Å². The number of para-hydroxylation sites is 2. The van der Waals surface area contributed by atoms with Gasteiger partial charge in [-0.2, -0.15) is 8.75 Å². The molecular formula is C30H20N6S. The van der Waals surface area contributed by atoms with Crippen molar-refractivity contribution in [3.63, 3.8) is 0 Å². The smallest absolute Gasteiger partial charge is 0.132 e. The molecule has 0 N–H and O–H groups in total. The summed E-state index contributed by atoms with van der Waals surface area (Å²) >= 11 is 1.17. The van der Waals surface area contributed by atoms with Crippen molar-refractivity contribution in [3.8, 4) is 0 Å². The quantitative estimate of drug-likeness (QED) is 0.278. The highest BCUT2D eigenvalue weighted by atomic mass is 32.1. The molecule has 3 aromatic carbocycles. The number of aromatic nitrogens is 2. The summed E-state index contributed by atoms with van der Waals surface area (Å²) in [4.78, 5) is 18.8. The lowest BCUT2D eigenvalue weighted by Gasteiger charge is -2.08. The molecule has 7 heteroatoms. The normalized spacial score (nSPS) is 16.3. The lowest BCUT2D eigenvalue weighted by molar-refractivity contribution is 1.37. The van der Waals surface area contributed by atoms with Gasteiger partial charge >= 0.3 is 0 Å². The van der Waals surface area contributed by atoms with E-state index in [2.05, 4.69) is 13.7 Å². The van der Waals surface area contributed by atoms with Crippen LogP contribution in [0, 0.1) is 0 Å². The average Bonchev–Trinajstić information content (AvgIpc) is 3.45. The Morgan fingerprint density at radius 3 is 1.24 bits per heavy atom. The van der Waals surface area contributed by atoms with Gasteiger partial charge < -0.3 is 0 Å². The number of nitrogens with zero attached hydrogens (tertiary/aromatic N) is 6. The summed E-state index contributed by atoms with van der Waals surface area (Å²) in [6.07, 6.45) is 11.7. The van der Waals surface area contributed by atoms with E-state index < -0.39 is 0 Å². The van der Waals surface area contributed by atoms with E-state index in [1.807, 2.05) is 121 Å². The molecule has 6 rings (SSSR count). The molecule has 0 fully saturated rings. The maximum absolute atomic E-state index is 4.80. The summed E-state index contributed by atoms with van der Waals surface area (Å²) in [5, 5.41) is 0. The lowest BCUT2D eigenvalue weighted by Crippen LogP contribution is -2.12. The van der Waals surface area contributed by atoms with E-state index in [4.69, 9.17) is 15.0 Å². The van der Waals surface area contributed by atoms with Gasteiger partial charge in [-0.1, -0.05) is 36.4 Å². The van der Waals surface area contributed by atoms with Crippen LogP contribution < -0.4 is 0 Å². The number of benzene rings is 3. The van der Waals surface area contributed by atoms with Crippen molar-refractivity contribution in [1.82, 2.24) is 8.75 Å². The van der Waals surface area contributed by atoms with Gasteiger partial charge in [0.05, 0.1) is 57.3 Å². The third-order valence-electron chi connectivity index (χ3n) is 5.60. The number of fused-ring (bicyclic) bond motifs is 1. The van der Waals surface area contributed by atoms with Gasteiger partial charge in [0.15, 0.2) is 0 Å². The fraction of sp³-hybridized carbons (Fsp3) is 0. The van der Waals surface area contributed by atoms with Crippen LogP contribution in [0.2, 0.25) is 0 Å². The summed E-state index contributed by atoms with van der Waals surface area (Å²) in [5.41, 5.74) is 8.28. The Balaban J connectivity index is 1.18. The van der Waals surface area contributed by atoms with Crippen molar-refractivity contribution in [1.29, 1.82) is 0 Å². The molecule has 2 aliphatic carbocycles. The molecule has 0 spiro atoms. The summed E-state index contributed by atoms with van der Waals surface area (Å²) in [7, 11) is 0. The van der Waals surface area contributed by atoms with Gasteiger partial charge in [0.1, 0.15) is 11.4 Å². The molecule has 0 aliphatic heterocycles. The van der Waals surface area contributed by atoms with Crippen LogP contribution in [0.1, 0.15) is 11.4 Å². The first-order valence-corrected chi connectivity index (χ1v) is 12.5. The highest BCUT2D eigenvalue weighted by Gasteiger charge is 2.21. The second-order valence-corrected chi connectivity index (χ2v) is 8.74. The molecule has 2 aliphatic rings. The van der Waals surface area contributed by atoms with E-state index in [-0.39, 0.29) is 0 Å². The topological polar surface area (TPSA) is 75.2 Å². The van der Waals surface area contributed by atoms with E-state index >= 15 is 0 Å². The van der Waals surface area contributed by atoms with Crippen LogP contribution in [0.5, 0.6) is 0 Å². The SMILES string of the molecule is C1=CC(=Nc2ccc(N=C3C=CC(=Nc4ccccc4)c4nsnc43)cc2)C=CC1=Nc1ccccc1. The Bertz CT molecular complexity index is 1620. The summed E-state index contributed by atoms with van der Waals surface area (Å²) < 4.78 is 8.94. The predicted octanol–water partition coefficient (Wildman–Crippen LogP) is 7.32.